The van der Waals surface area contributed by atoms with Gasteiger partial charge >= 0.3 is 0 Å². The average Bonchev–Trinajstić information content (AvgIpc) is 3.02. The number of H-pyrrole nitrogens is 1. The van der Waals surface area contributed by atoms with Gasteiger partial charge in [-0.05, 0) is 43.4 Å². The second-order valence-electron chi connectivity index (χ2n) is 6.35. The van der Waals surface area contributed by atoms with Gasteiger partial charge in [-0.15, -0.1) is 0 Å². The number of likely N-dealkylation sites (N-methyl/N-ethyl adjacent to an activating group) is 1. The van der Waals surface area contributed by atoms with Crippen LogP contribution in [-0.4, -0.2) is 42.0 Å². The number of hydrogen-bond donors (Lipinski definition) is 1. The third-order valence-corrected chi connectivity index (χ3v) is 4.48. The van der Waals surface area contributed by atoms with Crippen molar-refractivity contribution in [2.45, 2.75) is 13.1 Å². The molecule has 0 fully saturated rings. The quantitative estimate of drug-likeness (QED) is 0.795. The van der Waals surface area contributed by atoms with E-state index in [1.165, 1.54) is 32.9 Å². The minimum Gasteiger partial charge on any atom is -0.355 e. The number of para-hydroxylation sites is 1. The van der Waals surface area contributed by atoms with Gasteiger partial charge in [0, 0.05) is 48.0 Å². The molecule has 0 amide bonds. The fraction of sp³-hybridized carbons (Fsp3) is 0.333. The van der Waals surface area contributed by atoms with E-state index < -0.39 is 0 Å². The van der Waals surface area contributed by atoms with Crippen molar-refractivity contribution in [2.24, 2.45) is 0 Å². The van der Waals surface area contributed by atoms with Gasteiger partial charge in [0.2, 0.25) is 0 Å². The molecule has 1 aromatic heterocycles. The molecular weight excluding hydrogens is 258 g/mol. The Kier molecular flexibility index (Phi) is 2.98. The molecule has 3 nitrogen and oxygen atoms in total. The second-order valence-corrected chi connectivity index (χ2v) is 6.35. The van der Waals surface area contributed by atoms with E-state index in [2.05, 4.69) is 65.3 Å². The lowest BCUT2D eigenvalue weighted by molar-refractivity contribution is 0.246. The van der Waals surface area contributed by atoms with E-state index in [4.69, 9.17) is 0 Å². The molecule has 1 aliphatic heterocycles. The number of hydrogen-bond acceptors (Lipinski definition) is 2. The van der Waals surface area contributed by atoms with Crippen LogP contribution >= 0.6 is 0 Å². The highest BCUT2D eigenvalue weighted by Crippen LogP contribution is 2.31. The summed E-state index contributed by atoms with van der Waals surface area (Å²) in [5.41, 5.74) is 5.48. The van der Waals surface area contributed by atoms with Gasteiger partial charge < -0.3 is 9.88 Å². The van der Waals surface area contributed by atoms with Crippen molar-refractivity contribution < 1.29 is 0 Å². The van der Waals surface area contributed by atoms with Gasteiger partial charge in [-0.3, -0.25) is 4.90 Å². The summed E-state index contributed by atoms with van der Waals surface area (Å²) in [4.78, 5) is 8.33. The molecule has 3 aromatic rings. The van der Waals surface area contributed by atoms with Crippen LogP contribution in [0.4, 0.5) is 0 Å². The summed E-state index contributed by atoms with van der Waals surface area (Å²) in [5, 5.41) is 2.70. The van der Waals surface area contributed by atoms with Gasteiger partial charge in [0.05, 0.1) is 0 Å². The van der Waals surface area contributed by atoms with E-state index in [9.17, 15) is 0 Å². The van der Waals surface area contributed by atoms with Gasteiger partial charge in [0.15, 0.2) is 0 Å². The zero-order chi connectivity index (χ0) is 14.4. The van der Waals surface area contributed by atoms with E-state index in [1.54, 1.807) is 0 Å². The largest absolute Gasteiger partial charge is 0.355 e. The molecule has 0 saturated heterocycles. The highest BCUT2D eigenvalue weighted by Gasteiger charge is 2.20. The molecule has 108 valence electrons. The second kappa shape index (κ2) is 4.86. The molecule has 4 rings (SSSR count). The summed E-state index contributed by atoms with van der Waals surface area (Å²) in [6.45, 7) is 4.41. The number of nitrogens with one attached hydrogen (secondary N) is 1. The Labute approximate surface area is 125 Å². The number of aromatic nitrogens is 1. The maximum absolute atomic E-state index is 3.55. The Hall–Kier alpha value is -1.84. The number of rotatable bonds is 3. The van der Waals surface area contributed by atoms with Crippen molar-refractivity contribution in [3.05, 3.63) is 47.5 Å². The minimum atomic E-state index is 1.08. The van der Waals surface area contributed by atoms with E-state index in [-0.39, 0.29) is 0 Å². The Morgan fingerprint density at radius 1 is 1.00 bits per heavy atom. The van der Waals surface area contributed by atoms with Crippen LogP contribution in [0.15, 0.2) is 36.4 Å². The number of fused-ring (bicyclic) bond motifs is 4. The smallest absolute Gasteiger partial charge is 0.0468 e. The molecule has 0 saturated carbocycles. The molecule has 2 heterocycles. The van der Waals surface area contributed by atoms with Crippen molar-refractivity contribution in [3.8, 4) is 0 Å². The Morgan fingerprint density at radius 3 is 2.57 bits per heavy atom. The summed E-state index contributed by atoms with van der Waals surface area (Å²) < 4.78 is 0. The SMILES string of the molecule is CN(C)CCN1Cc2cc3[nH]c4ccccc4c3cc2C1. The lowest BCUT2D eigenvalue weighted by atomic mass is 10.1. The maximum Gasteiger partial charge on any atom is 0.0468 e. The van der Waals surface area contributed by atoms with Crippen molar-refractivity contribution in [2.75, 3.05) is 27.2 Å². The molecule has 0 unspecified atom stereocenters. The molecule has 2 aromatic carbocycles. The average molecular weight is 279 g/mol. The Balaban J connectivity index is 1.70. The Morgan fingerprint density at radius 2 is 1.76 bits per heavy atom. The molecule has 1 aliphatic rings. The molecular formula is C18H21N3. The molecule has 0 atom stereocenters. The molecule has 1 N–H and O–H groups in total. The third kappa shape index (κ3) is 2.23. The highest BCUT2D eigenvalue weighted by molar-refractivity contribution is 6.07. The van der Waals surface area contributed by atoms with Crippen LogP contribution in [0.2, 0.25) is 0 Å². The summed E-state index contributed by atoms with van der Waals surface area (Å²) in [7, 11) is 4.28. The predicted octanol–water partition coefficient (Wildman–Crippen LogP) is 3.20. The number of nitrogens with zero attached hydrogens (tertiary/aromatic N) is 2. The highest BCUT2D eigenvalue weighted by atomic mass is 15.2. The van der Waals surface area contributed by atoms with Crippen molar-refractivity contribution in [1.29, 1.82) is 0 Å². The van der Waals surface area contributed by atoms with E-state index in [0.717, 1.165) is 26.2 Å². The Bertz CT molecular complexity index is 801. The predicted molar refractivity (Wildman–Crippen MR) is 88.5 cm³/mol. The van der Waals surface area contributed by atoms with E-state index >= 15 is 0 Å². The molecule has 0 bridgehead atoms. The standard InChI is InChI=1S/C18H21N3/c1-20(2)7-8-21-11-13-9-16-15-5-3-4-6-17(15)19-18(16)10-14(13)12-21/h3-6,9-10,19H,7-8,11-12H2,1-2H3. The molecule has 21 heavy (non-hydrogen) atoms. The van der Waals surface area contributed by atoms with Crippen LogP contribution in [-0.2, 0) is 13.1 Å². The first kappa shape index (κ1) is 12.9. The fourth-order valence-corrected chi connectivity index (χ4v) is 3.32. The summed E-state index contributed by atoms with van der Waals surface area (Å²) in [6.07, 6.45) is 0. The first-order valence-corrected chi connectivity index (χ1v) is 7.60. The number of benzene rings is 2. The summed E-state index contributed by atoms with van der Waals surface area (Å²) in [5.74, 6) is 0. The van der Waals surface area contributed by atoms with Crippen molar-refractivity contribution >= 4 is 21.8 Å². The van der Waals surface area contributed by atoms with Gasteiger partial charge in [0.1, 0.15) is 0 Å². The lowest BCUT2D eigenvalue weighted by Crippen LogP contribution is -2.27. The summed E-state index contributed by atoms with van der Waals surface area (Å²) >= 11 is 0. The van der Waals surface area contributed by atoms with Crippen LogP contribution < -0.4 is 0 Å². The zero-order valence-electron chi connectivity index (χ0n) is 12.7. The minimum absolute atomic E-state index is 1.08. The van der Waals surface area contributed by atoms with E-state index in [0.29, 0.717) is 0 Å². The van der Waals surface area contributed by atoms with Crippen LogP contribution in [0.25, 0.3) is 21.8 Å². The van der Waals surface area contributed by atoms with Crippen LogP contribution in [0, 0.1) is 0 Å². The van der Waals surface area contributed by atoms with Crippen LogP contribution in [0.5, 0.6) is 0 Å². The van der Waals surface area contributed by atoms with Gasteiger partial charge in [-0.2, -0.15) is 0 Å². The molecule has 3 heteroatoms. The topological polar surface area (TPSA) is 22.3 Å². The first-order valence-electron chi connectivity index (χ1n) is 7.60. The maximum atomic E-state index is 3.55. The fourth-order valence-electron chi connectivity index (χ4n) is 3.32. The van der Waals surface area contributed by atoms with Crippen molar-refractivity contribution in [3.63, 3.8) is 0 Å². The van der Waals surface area contributed by atoms with Crippen LogP contribution in [0.1, 0.15) is 11.1 Å². The third-order valence-electron chi connectivity index (χ3n) is 4.48. The molecule has 0 radical (unpaired) electrons. The monoisotopic (exact) mass is 279 g/mol. The van der Waals surface area contributed by atoms with Crippen LogP contribution in [0.3, 0.4) is 0 Å². The first-order chi connectivity index (χ1) is 10.2. The van der Waals surface area contributed by atoms with Gasteiger partial charge in [-0.25, -0.2) is 0 Å². The van der Waals surface area contributed by atoms with Gasteiger partial charge in [-0.1, -0.05) is 18.2 Å². The summed E-state index contributed by atoms with van der Waals surface area (Å²) in [6, 6.07) is 13.3. The van der Waals surface area contributed by atoms with Crippen molar-refractivity contribution in [1.82, 2.24) is 14.8 Å². The number of aromatic amines is 1. The lowest BCUT2D eigenvalue weighted by Gasteiger charge is -2.17. The normalized spacial score (nSPS) is 15.4. The molecule has 0 spiro atoms. The zero-order valence-corrected chi connectivity index (χ0v) is 12.7. The van der Waals surface area contributed by atoms with E-state index in [1.807, 2.05) is 0 Å². The van der Waals surface area contributed by atoms with Gasteiger partial charge in [0.25, 0.3) is 0 Å². The molecule has 0 aliphatic carbocycles.